The molecule has 0 saturated heterocycles. The van der Waals surface area contributed by atoms with E-state index in [-0.39, 0.29) is 17.2 Å². The van der Waals surface area contributed by atoms with Crippen molar-refractivity contribution in [1.29, 1.82) is 0 Å². The third-order valence-electron chi connectivity index (χ3n) is 2.39. The Labute approximate surface area is 108 Å². The van der Waals surface area contributed by atoms with Crippen molar-refractivity contribution >= 4 is 17.5 Å². The van der Waals surface area contributed by atoms with E-state index in [9.17, 15) is 13.6 Å². The SMILES string of the molecule is CCNc1c(F)cc(C(=O)Nc2ncc[nH]2)cc1F. The first-order chi connectivity index (χ1) is 9.11. The van der Waals surface area contributed by atoms with Gasteiger partial charge in [0.1, 0.15) is 17.3 Å². The fraction of sp³-hybridized carbons (Fsp3) is 0.167. The van der Waals surface area contributed by atoms with E-state index in [1.54, 1.807) is 6.92 Å². The van der Waals surface area contributed by atoms with Crippen LogP contribution in [0.3, 0.4) is 0 Å². The smallest absolute Gasteiger partial charge is 0.258 e. The van der Waals surface area contributed by atoms with Crippen molar-refractivity contribution in [3.05, 3.63) is 41.7 Å². The molecule has 0 aliphatic heterocycles. The number of carbonyl (C=O) groups is 1. The van der Waals surface area contributed by atoms with Crippen molar-refractivity contribution in [3.63, 3.8) is 0 Å². The number of amides is 1. The van der Waals surface area contributed by atoms with Crippen LogP contribution in [0.15, 0.2) is 24.5 Å². The zero-order valence-electron chi connectivity index (χ0n) is 10.1. The van der Waals surface area contributed by atoms with Gasteiger partial charge >= 0.3 is 0 Å². The number of halogens is 2. The van der Waals surface area contributed by atoms with Gasteiger partial charge in [-0.1, -0.05) is 0 Å². The van der Waals surface area contributed by atoms with Crippen molar-refractivity contribution < 1.29 is 13.6 Å². The van der Waals surface area contributed by atoms with Crippen LogP contribution in [0.2, 0.25) is 0 Å². The predicted molar refractivity (Wildman–Crippen MR) is 67.1 cm³/mol. The molecule has 0 unspecified atom stereocenters. The summed E-state index contributed by atoms with van der Waals surface area (Å²) in [5, 5.41) is 4.94. The van der Waals surface area contributed by atoms with Gasteiger partial charge in [-0.15, -0.1) is 0 Å². The van der Waals surface area contributed by atoms with Crippen LogP contribution in [0.25, 0.3) is 0 Å². The zero-order valence-corrected chi connectivity index (χ0v) is 10.1. The molecule has 1 aromatic carbocycles. The number of hydrogen-bond donors (Lipinski definition) is 3. The maximum atomic E-state index is 13.6. The summed E-state index contributed by atoms with van der Waals surface area (Å²) in [7, 11) is 0. The first-order valence-corrected chi connectivity index (χ1v) is 5.65. The number of aromatic nitrogens is 2. The molecule has 0 radical (unpaired) electrons. The second kappa shape index (κ2) is 5.47. The minimum absolute atomic E-state index is 0.118. The predicted octanol–water partition coefficient (Wildman–Crippen LogP) is 2.37. The van der Waals surface area contributed by atoms with E-state index in [1.165, 1.54) is 12.4 Å². The molecule has 100 valence electrons. The normalized spacial score (nSPS) is 10.3. The Balaban J connectivity index is 2.23. The molecule has 1 heterocycles. The van der Waals surface area contributed by atoms with E-state index in [0.29, 0.717) is 6.54 Å². The number of H-pyrrole nitrogens is 1. The van der Waals surface area contributed by atoms with Crippen LogP contribution < -0.4 is 10.6 Å². The highest BCUT2D eigenvalue weighted by molar-refractivity contribution is 6.03. The highest BCUT2D eigenvalue weighted by atomic mass is 19.1. The maximum Gasteiger partial charge on any atom is 0.258 e. The van der Waals surface area contributed by atoms with Crippen molar-refractivity contribution in [1.82, 2.24) is 9.97 Å². The van der Waals surface area contributed by atoms with Crippen LogP contribution in [0.1, 0.15) is 17.3 Å². The lowest BCUT2D eigenvalue weighted by atomic mass is 10.1. The van der Waals surface area contributed by atoms with E-state index in [2.05, 4.69) is 20.6 Å². The first kappa shape index (κ1) is 13.0. The fourth-order valence-corrected chi connectivity index (χ4v) is 1.56. The summed E-state index contributed by atoms with van der Waals surface area (Å²) < 4.78 is 27.3. The van der Waals surface area contributed by atoms with E-state index in [4.69, 9.17) is 0 Å². The second-order valence-corrected chi connectivity index (χ2v) is 3.74. The van der Waals surface area contributed by atoms with Gasteiger partial charge in [0.25, 0.3) is 5.91 Å². The average Bonchev–Trinajstić information content (AvgIpc) is 2.86. The zero-order chi connectivity index (χ0) is 13.8. The largest absolute Gasteiger partial charge is 0.381 e. The molecular formula is C12H12F2N4O. The average molecular weight is 266 g/mol. The van der Waals surface area contributed by atoms with Gasteiger partial charge in [-0.25, -0.2) is 13.8 Å². The van der Waals surface area contributed by atoms with Crippen LogP contribution >= 0.6 is 0 Å². The molecule has 0 saturated carbocycles. The molecule has 0 fully saturated rings. The van der Waals surface area contributed by atoms with Crippen molar-refractivity contribution in [2.24, 2.45) is 0 Å². The van der Waals surface area contributed by atoms with Gasteiger partial charge in [-0.2, -0.15) is 0 Å². The van der Waals surface area contributed by atoms with Crippen molar-refractivity contribution in [2.45, 2.75) is 6.92 Å². The monoisotopic (exact) mass is 266 g/mol. The van der Waals surface area contributed by atoms with Gasteiger partial charge in [0, 0.05) is 24.5 Å². The topological polar surface area (TPSA) is 69.8 Å². The van der Waals surface area contributed by atoms with Crippen molar-refractivity contribution in [2.75, 3.05) is 17.2 Å². The van der Waals surface area contributed by atoms with Crippen molar-refractivity contribution in [3.8, 4) is 0 Å². The first-order valence-electron chi connectivity index (χ1n) is 5.65. The molecule has 0 spiro atoms. The fourth-order valence-electron chi connectivity index (χ4n) is 1.56. The molecule has 0 atom stereocenters. The standard InChI is InChI=1S/C12H12F2N4O/c1-2-15-10-8(13)5-7(6-9(10)14)11(19)18-12-16-3-4-17-12/h3-6,15H,2H2,1H3,(H2,16,17,18,19). The lowest BCUT2D eigenvalue weighted by Crippen LogP contribution is -2.14. The number of nitrogens with zero attached hydrogens (tertiary/aromatic N) is 1. The number of nitrogens with one attached hydrogen (secondary N) is 3. The Hall–Kier alpha value is -2.44. The third-order valence-corrected chi connectivity index (χ3v) is 2.39. The van der Waals surface area contributed by atoms with Gasteiger partial charge in [0.05, 0.1) is 0 Å². The summed E-state index contributed by atoms with van der Waals surface area (Å²) in [5.74, 6) is -2.06. The Kier molecular flexibility index (Phi) is 3.74. The number of hydrogen-bond acceptors (Lipinski definition) is 3. The highest BCUT2D eigenvalue weighted by Gasteiger charge is 2.15. The summed E-state index contributed by atoms with van der Waals surface area (Å²) >= 11 is 0. The molecule has 2 rings (SSSR count). The van der Waals surface area contributed by atoms with Crippen LogP contribution in [0.5, 0.6) is 0 Å². The van der Waals surface area contributed by atoms with Gasteiger partial charge in [0.2, 0.25) is 5.95 Å². The van der Waals surface area contributed by atoms with Crippen LogP contribution in [0.4, 0.5) is 20.4 Å². The molecule has 5 nitrogen and oxygen atoms in total. The summed E-state index contributed by atoms with van der Waals surface area (Å²) in [6, 6.07) is 1.94. The highest BCUT2D eigenvalue weighted by Crippen LogP contribution is 2.21. The van der Waals surface area contributed by atoms with Crippen LogP contribution in [-0.2, 0) is 0 Å². The Morgan fingerprint density at radius 1 is 1.37 bits per heavy atom. The van der Waals surface area contributed by atoms with Gasteiger partial charge in [0.15, 0.2) is 0 Å². The Morgan fingerprint density at radius 3 is 2.58 bits per heavy atom. The molecule has 1 amide bonds. The Morgan fingerprint density at radius 2 is 2.05 bits per heavy atom. The van der Waals surface area contributed by atoms with Crippen LogP contribution in [-0.4, -0.2) is 22.4 Å². The molecular weight excluding hydrogens is 254 g/mol. The van der Waals surface area contributed by atoms with Crippen LogP contribution in [0, 0.1) is 11.6 Å². The number of anilines is 2. The van der Waals surface area contributed by atoms with E-state index >= 15 is 0 Å². The number of rotatable bonds is 4. The lowest BCUT2D eigenvalue weighted by molar-refractivity contribution is 0.102. The summed E-state index contributed by atoms with van der Waals surface area (Å²) in [6.45, 7) is 2.10. The van der Waals surface area contributed by atoms with Gasteiger partial charge in [-0.3, -0.25) is 10.1 Å². The van der Waals surface area contributed by atoms with Gasteiger partial charge < -0.3 is 10.3 Å². The molecule has 2 aromatic rings. The molecule has 3 N–H and O–H groups in total. The summed E-state index contributed by atoms with van der Waals surface area (Å²) in [5.41, 5.74) is -0.356. The number of benzene rings is 1. The third kappa shape index (κ3) is 2.87. The molecule has 0 aliphatic rings. The molecule has 19 heavy (non-hydrogen) atoms. The van der Waals surface area contributed by atoms with E-state index < -0.39 is 17.5 Å². The number of carbonyl (C=O) groups excluding carboxylic acids is 1. The lowest BCUT2D eigenvalue weighted by Gasteiger charge is -2.08. The van der Waals surface area contributed by atoms with E-state index in [0.717, 1.165) is 12.1 Å². The minimum atomic E-state index is -0.813. The molecule has 0 bridgehead atoms. The van der Waals surface area contributed by atoms with Gasteiger partial charge in [-0.05, 0) is 19.1 Å². The minimum Gasteiger partial charge on any atom is -0.381 e. The maximum absolute atomic E-state index is 13.6. The Bertz CT molecular complexity index is 560. The number of imidazole rings is 1. The molecule has 7 heteroatoms. The summed E-state index contributed by atoms with van der Waals surface area (Å²) in [6.07, 6.45) is 2.97. The summed E-state index contributed by atoms with van der Waals surface area (Å²) in [4.78, 5) is 18.2. The molecule has 1 aromatic heterocycles. The quantitative estimate of drug-likeness (QED) is 0.795. The molecule has 0 aliphatic carbocycles. The van der Waals surface area contributed by atoms with E-state index in [1.807, 2.05) is 0 Å². The second-order valence-electron chi connectivity index (χ2n) is 3.74. The number of aromatic amines is 1.